The lowest BCUT2D eigenvalue weighted by Gasteiger charge is -2.06. The minimum absolute atomic E-state index is 0.321. The molecule has 1 aromatic carbocycles. The molecule has 3 rings (SSSR count). The lowest BCUT2D eigenvalue weighted by atomic mass is 10.1. The Labute approximate surface area is 141 Å². The third kappa shape index (κ3) is 3.31. The van der Waals surface area contributed by atoms with Crippen LogP contribution in [-0.4, -0.2) is 29.2 Å². The number of nitrogens with zero attached hydrogens (tertiary/aromatic N) is 2. The molecule has 0 aliphatic rings. The summed E-state index contributed by atoms with van der Waals surface area (Å²) >= 11 is 0. The smallest absolute Gasteiger partial charge is 0.337 e. The van der Waals surface area contributed by atoms with Gasteiger partial charge in [-0.05, 0) is 54.8 Å². The van der Waals surface area contributed by atoms with Crippen molar-refractivity contribution in [2.24, 2.45) is 5.73 Å². The molecule has 0 amide bonds. The van der Waals surface area contributed by atoms with E-state index in [4.69, 9.17) is 10.5 Å². The average Bonchev–Trinajstić information content (AvgIpc) is 2.97. The molecule has 0 aliphatic heterocycles. The molecule has 2 N–H and O–H groups in total. The Morgan fingerprint density at radius 2 is 2.17 bits per heavy atom. The SMILES string of the molecule is COC(=O)c1ccc2c(c1)c(CCN)cn2CCc1cccnc1. The monoisotopic (exact) mass is 323 g/mol. The highest BCUT2D eigenvalue weighted by Crippen LogP contribution is 2.24. The van der Waals surface area contributed by atoms with E-state index in [1.807, 2.05) is 24.4 Å². The molecule has 0 unspecified atom stereocenters. The highest BCUT2D eigenvalue weighted by molar-refractivity contribution is 5.95. The Balaban J connectivity index is 1.94. The fourth-order valence-corrected chi connectivity index (χ4v) is 2.95. The summed E-state index contributed by atoms with van der Waals surface area (Å²) in [5.74, 6) is -0.321. The first-order valence-corrected chi connectivity index (χ1v) is 8.02. The molecule has 0 saturated carbocycles. The molecule has 0 saturated heterocycles. The van der Waals surface area contributed by atoms with Crippen molar-refractivity contribution in [1.29, 1.82) is 0 Å². The van der Waals surface area contributed by atoms with Crippen molar-refractivity contribution in [1.82, 2.24) is 9.55 Å². The lowest BCUT2D eigenvalue weighted by Crippen LogP contribution is -2.03. The van der Waals surface area contributed by atoms with Crippen molar-refractivity contribution in [2.45, 2.75) is 19.4 Å². The van der Waals surface area contributed by atoms with Gasteiger partial charge >= 0.3 is 5.97 Å². The Morgan fingerprint density at radius 1 is 1.29 bits per heavy atom. The molecule has 0 aliphatic carbocycles. The van der Waals surface area contributed by atoms with Crippen molar-refractivity contribution >= 4 is 16.9 Å². The number of esters is 1. The van der Waals surface area contributed by atoms with Crippen molar-refractivity contribution in [2.75, 3.05) is 13.7 Å². The molecule has 24 heavy (non-hydrogen) atoms. The van der Waals surface area contributed by atoms with Crippen molar-refractivity contribution in [3.05, 3.63) is 65.6 Å². The van der Waals surface area contributed by atoms with Gasteiger partial charge in [0.2, 0.25) is 0 Å². The number of aromatic nitrogens is 2. The van der Waals surface area contributed by atoms with Gasteiger partial charge in [0, 0.05) is 36.0 Å². The zero-order valence-electron chi connectivity index (χ0n) is 13.7. The van der Waals surface area contributed by atoms with Gasteiger partial charge in [0.1, 0.15) is 0 Å². The number of hydrogen-bond donors (Lipinski definition) is 1. The van der Waals surface area contributed by atoms with Crippen LogP contribution in [0.2, 0.25) is 0 Å². The molecule has 0 bridgehead atoms. The number of carbonyl (C=O) groups excluding carboxylic acids is 1. The Bertz CT molecular complexity index is 840. The van der Waals surface area contributed by atoms with Crippen molar-refractivity contribution in [3.63, 3.8) is 0 Å². The van der Waals surface area contributed by atoms with Crippen LogP contribution in [0.15, 0.2) is 48.9 Å². The van der Waals surface area contributed by atoms with Gasteiger partial charge in [0.15, 0.2) is 0 Å². The summed E-state index contributed by atoms with van der Waals surface area (Å²) in [5.41, 5.74) is 9.77. The number of pyridine rings is 1. The molecule has 2 aromatic heterocycles. The van der Waals surface area contributed by atoms with Crippen LogP contribution in [0.5, 0.6) is 0 Å². The normalized spacial score (nSPS) is 10.9. The highest BCUT2D eigenvalue weighted by Gasteiger charge is 2.12. The first kappa shape index (κ1) is 16.2. The molecular weight excluding hydrogens is 302 g/mol. The maximum Gasteiger partial charge on any atom is 0.337 e. The molecule has 2 heterocycles. The van der Waals surface area contributed by atoms with Crippen molar-refractivity contribution < 1.29 is 9.53 Å². The fourth-order valence-electron chi connectivity index (χ4n) is 2.95. The van der Waals surface area contributed by atoms with E-state index in [0.29, 0.717) is 12.1 Å². The van der Waals surface area contributed by atoms with Gasteiger partial charge in [0.05, 0.1) is 12.7 Å². The molecule has 0 spiro atoms. The molecule has 5 heteroatoms. The summed E-state index contributed by atoms with van der Waals surface area (Å²) in [4.78, 5) is 15.9. The van der Waals surface area contributed by atoms with Gasteiger partial charge in [-0.15, -0.1) is 0 Å². The number of ether oxygens (including phenoxy) is 1. The van der Waals surface area contributed by atoms with E-state index in [1.165, 1.54) is 12.7 Å². The predicted molar refractivity (Wildman–Crippen MR) is 94.0 cm³/mol. The van der Waals surface area contributed by atoms with Crippen LogP contribution >= 0.6 is 0 Å². The van der Waals surface area contributed by atoms with E-state index in [0.717, 1.165) is 35.9 Å². The van der Waals surface area contributed by atoms with Crippen LogP contribution in [0.1, 0.15) is 21.5 Å². The number of rotatable bonds is 6. The topological polar surface area (TPSA) is 70.1 Å². The van der Waals surface area contributed by atoms with E-state index in [1.54, 1.807) is 12.3 Å². The summed E-state index contributed by atoms with van der Waals surface area (Å²) in [5, 5.41) is 1.06. The van der Waals surface area contributed by atoms with E-state index in [2.05, 4.69) is 21.8 Å². The maximum absolute atomic E-state index is 11.8. The van der Waals surface area contributed by atoms with Gasteiger partial charge in [-0.25, -0.2) is 4.79 Å². The van der Waals surface area contributed by atoms with E-state index in [-0.39, 0.29) is 5.97 Å². The number of benzene rings is 1. The largest absolute Gasteiger partial charge is 0.465 e. The van der Waals surface area contributed by atoms with Gasteiger partial charge < -0.3 is 15.0 Å². The minimum atomic E-state index is -0.321. The third-order valence-electron chi connectivity index (χ3n) is 4.16. The number of fused-ring (bicyclic) bond motifs is 1. The maximum atomic E-state index is 11.8. The minimum Gasteiger partial charge on any atom is -0.465 e. The summed E-state index contributed by atoms with van der Waals surface area (Å²) < 4.78 is 7.04. The molecule has 3 aromatic rings. The molecule has 124 valence electrons. The standard InChI is InChI=1S/C19H21N3O2/c1-24-19(23)15-4-5-18-17(11-15)16(6-8-20)13-22(18)10-7-14-3-2-9-21-12-14/h2-5,9,11-13H,6-8,10,20H2,1H3. The number of carbonyl (C=O) groups is 1. The first-order chi connectivity index (χ1) is 11.7. The summed E-state index contributed by atoms with van der Waals surface area (Å²) in [7, 11) is 1.40. The van der Waals surface area contributed by atoms with Crippen LogP contribution in [0.4, 0.5) is 0 Å². The molecule has 0 radical (unpaired) electrons. The second-order valence-corrected chi connectivity index (χ2v) is 5.72. The van der Waals surface area contributed by atoms with Crippen molar-refractivity contribution in [3.8, 4) is 0 Å². The number of aryl methyl sites for hydroxylation is 2. The zero-order valence-corrected chi connectivity index (χ0v) is 13.7. The van der Waals surface area contributed by atoms with E-state index >= 15 is 0 Å². The molecular formula is C19H21N3O2. The van der Waals surface area contributed by atoms with Gasteiger partial charge in [-0.1, -0.05) is 6.07 Å². The van der Waals surface area contributed by atoms with Crippen LogP contribution in [0, 0.1) is 0 Å². The van der Waals surface area contributed by atoms with Gasteiger partial charge in [-0.3, -0.25) is 4.98 Å². The Morgan fingerprint density at radius 3 is 2.88 bits per heavy atom. The summed E-state index contributed by atoms with van der Waals surface area (Å²) in [6.45, 7) is 1.43. The summed E-state index contributed by atoms with van der Waals surface area (Å²) in [6, 6.07) is 9.71. The fraction of sp³-hybridized carbons (Fsp3) is 0.263. The molecule has 0 fully saturated rings. The third-order valence-corrected chi connectivity index (χ3v) is 4.16. The van der Waals surface area contributed by atoms with Crippen LogP contribution < -0.4 is 5.73 Å². The lowest BCUT2D eigenvalue weighted by molar-refractivity contribution is 0.0601. The van der Waals surface area contributed by atoms with Crippen LogP contribution in [-0.2, 0) is 24.1 Å². The second-order valence-electron chi connectivity index (χ2n) is 5.72. The Kier molecular flexibility index (Phi) is 4.91. The van der Waals surface area contributed by atoms with Gasteiger partial charge in [-0.2, -0.15) is 0 Å². The second kappa shape index (κ2) is 7.27. The van der Waals surface area contributed by atoms with Crippen LogP contribution in [0.25, 0.3) is 10.9 Å². The van der Waals surface area contributed by atoms with Gasteiger partial charge in [0.25, 0.3) is 0 Å². The molecule has 0 atom stereocenters. The summed E-state index contributed by atoms with van der Waals surface area (Å²) in [6.07, 6.45) is 7.48. The van der Waals surface area contributed by atoms with E-state index < -0.39 is 0 Å². The number of hydrogen-bond acceptors (Lipinski definition) is 4. The van der Waals surface area contributed by atoms with E-state index in [9.17, 15) is 4.79 Å². The quantitative estimate of drug-likeness (QED) is 0.708. The van der Waals surface area contributed by atoms with Crippen LogP contribution in [0.3, 0.4) is 0 Å². The number of nitrogens with two attached hydrogens (primary N) is 1. The zero-order chi connectivity index (χ0) is 16.9. The highest BCUT2D eigenvalue weighted by atomic mass is 16.5. The average molecular weight is 323 g/mol. The predicted octanol–water partition coefficient (Wildman–Crippen LogP) is 2.57. The Hall–Kier alpha value is -2.66. The number of methoxy groups -OCH3 is 1. The first-order valence-electron chi connectivity index (χ1n) is 8.02. The molecule has 5 nitrogen and oxygen atoms in total.